The number of carbonyl (C=O) groups excluding carboxylic acids is 1. The van der Waals surface area contributed by atoms with Crippen LogP contribution in [0.3, 0.4) is 0 Å². The molecule has 0 saturated heterocycles. The fourth-order valence-corrected chi connectivity index (χ4v) is 11.4. The number of aliphatic hydroxyl groups is 1. The van der Waals surface area contributed by atoms with E-state index in [1.165, 1.54) is 238 Å². The van der Waals surface area contributed by atoms with Crippen LogP contribution in [0.25, 0.3) is 0 Å². The number of hydrogen-bond donors (Lipinski definition) is 2. The predicted molar refractivity (Wildman–Crippen MR) is 376 cm³/mol. The predicted octanol–water partition coefficient (Wildman–Crippen LogP) is 23.0. The zero-order valence-corrected chi connectivity index (χ0v) is 58.1. The molecule has 86 heavy (non-hydrogen) atoms. The molecule has 0 aliphatic heterocycles. The maximum atomic E-state index is 13.0. The Balaban J connectivity index is 4.08. The molecule has 0 rings (SSSR count). The van der Waals surface area contributed by atoms with Crippen molar-refractivity contribution >= 4 is 13.7 Å². The van der Waals surface area contributed by atoms with Crippen molar-refractivity contribution in [2.75, 3.05) is 40.9 Å². The van der Waals surface area contributed by atoms with Gasteiger partial charge in [-0.15, -0.1) is 0 Å². The topological polar surface area (TPSA) is 108 Å². The quantitative estimate of drug-likeness (QED) is 0.0272. The third kappa shape index (κ3) is 68.9. The summed E-state index contributed by atoms with van der Waals surface area (Å²) in [5, 5.41) is 13.9. The van der Waals surface area contributed by atoms with Gasteiger partial charge in [-0.2, -0.15) is 0 Å². The molecule has 500 valence electrons. The van der Waals surface area contributed by atoms with Crippen LogP contribution in [0.4, 0.5) is 0 Å². The smallest absolute Gasteiger partial charge is 0.268 e. The van der Waals surface area contributed by atoms with Crippen LogP contribution in [-0.4, -0.2) is 68.5 Å². The van der Waals surface area contributed by atoms with E-state index in [0.29, 0.717) is 17.4 Å². The Morgan fingerprint density at radius 1 is 0.419 bits per heavy atom. The number of phosphoric ester groups is 1. The lowest BCUT2D eigenvalue weighted by Crippen LogP contribution is -2.45. The van der Waals surface area contributed by atoms with Crippen molar-refractivity contribution in [2.45, 2.75) is 347 Å². The molecule has 0 fully saturated rings. The van der Waals surface area contributed by atoms with Gasteiger partial charge in [0.1, 0.15) is 13.2 Å². The van der Waals surface area contributed by atoms with Gasteiger partial charge < -0.3 is 28.8 Å². The molecule has 0 saturated carbocycles. The zero-order chi connectivity index (χ0) is 62.6. The second kappa shape index (κ2) is 66.8. The molecule has 1 amide bonds. The summed E-state index contributed by atoms with van der Waals surface area (Å²) in [4.78, 5) is 25.7. The average Bonchev–Trinajstić information content (AvgIpc) is 3.70. The van der Waals surface area contributed by atoms with E-state index in [1.807, 2.05) is 27.2 Å². The number of amides is 1. The third-order valence-electron chi connectivity index (χ3n) is 16.3. The van der Waals surface area contributed by atoms with Gasteiger partial charge in [0.2, 0.25) is 5.91 Å². The fraction of sp³-hybridized carbons (Fsp3) is 0.779. The van der Waals surface area contributed by atoms with E-state index >= 15 is 0 Å². The summed E-state index contributed by atoms with van der Waals surface area (Å²) in [6.45, 7) is 4.54. The lowest BCUT2D eigenvalue weighted by Gasteiger charge is -2.29. The van der Waals surface area contributed by atoms with Gasteiger partial charge in [0, 0.05) is 6.42 Å². The lowest BCUT2D eigenvalue weighted by atomic mass is 10.0. The molecule has 0 radical (unpaired) electrons. The summed E-state index contributed by atoms with van der Waals surface area (Å²) >= 11 is 0. The van der Waals surface area contributed by atoms with Gasteiger partial charge in [0.15, 0.2) is 0 Å². The summed E-state index contributed by atoms with van der Waals surface area (Å²) in [7, 11) is 1.24. The highest BCUT2D eigenvalue weighted by Gasteiger charge is 2.23. The number of rotatable bonds is 67. The van der Waals surface area contributed by atoms with Gasteiger partial charge in [0.25, 0.3) is 7.82 Å². The van der Waals surface area contributed by atoms with Crippen LogP contribution in [0.5, 0.6) is 0 Å². The standard InChI is InChI=1S/C77H141N2O6P/c1-6-8-10-12-14-16-18-20-22-24-26-28-30-32-34-36-37-38-39-40-41-43-45-47-49-51-53-55-57-59-61-63-65-67-69-71-77(81)78-75(74-85-86(82,83)84-73-72-79(3,4)5)76(80)70-68-66-64-62-60-58-56-54-52-50-48-46-44-42-35-33-31-29-27-25-23-21-19-17-15-13-11-9-7-2/h8,10,14,16,20,22,26,28,32,34,52,54,60,62,68,70,75-76,80H,6-7,9,11-13,15,17-19,21,23-25,27,29-31,33,35-51,53,55-59,61,63-67,69,71-74H2,1-5H3,(H-,78,81,82,83)/b10-8-,16-14-,22-20-,28-26-,34-32-,54-52+,62-60+,70-68+. The van der Waals surface area contributed by atoms with Crippen molar-refractivity contribution in [3.63, 3.8) is 0 Å². The number of quaternary nitrogens is 1. The largest absolute Gasteiger partial charge is 0.756 e. The number of unbranched alkanes of at least 4 members (excludes halogenated alkanes) is 40. The number of nitrogens with zero attached hydrogens (tertiary/aromatic N) is 1. The van der Waals surface area contributed by atoms with Crippen molar-refractivity contribution in [3.8, 4) is 0 Å². The molecule has 0 aromatic carbocycles. The SMILES string of the molecule is CC/C=C\C/C=C\C/C=C\C/C=C\C/C=C\CCCCCCCCCCCCCCCCCCCCCC(=O)NC(COP(=O)([O-])OCC[N+](C)(C)C)C(O)/C=C/CC/C=C/CC/C=C/CCCCCCCCCCCCCCCCCCCCC. The normalized spacial score (nSPS) is 14.2. The Hall–Kier alpha value is -2.58. The first kappa shape index (κ1) is 83.4. The summed E-state index contributed by atoms with van der Waals surface area (Å²) in [5.74, 6) is -0.209. The number of likely N-dealkylation sites (N-methyl/N-ethyl adjacent to an activating group) is 1. The van der Waals surface area contributed by atoms with E-state index in [-0.39, 0.29) is 12.5 Å². The molecule has 0 heterocycles. The number of aliphatic hydroxyl groups excluding tert-OH is 1. The highest BCUT2D eigenvalue weighted by atomic mass is 31.2. The minimum Gasteiger partial charge on any atom is -0.756 e. The summed E-state index contributed by atoms with van der Waals surface area (Å²) < 4.78 is 23.5. The van der Waals surface area contributed by atoms with Crippen LogP contribution >= 0.6 is 7.82 Å². The van der Waals surface area contributed by atoms with Crippen molar-refractivity contribution < 1.29 is 32.9 Å². The van der Waals surface area contributed by atoms with Gasteiger partial charge in [-0.05, 0) is 89.9 Å². The van der Waals surface area contributed by atoms with Crippen LogP contribution in [0.15, 0.2) is 97.2 Å². The molecule has 0 aromatic rings. The van der Waals surface area contributed by atoms with Gasteiger partial charge >= 0.3 is 0 Å². The summed E-state index contributed by atoms with van der Waals surface area (Å²) in [6, 6.07) is -0.915. The molecule has 0 aliphatic carbocycles. The molecule has 2 N–H and O–H groups in total. The second-order valence-electron chi connectivity index (χ2n) is 25.9. The molecule has 8 nitrogen and oxygen atoms in total. The van der Waals surface area contributed by atoms with Crippen molar-refractivity contribution in [1.29, 1.82) is 0 Å². The first-order valence-corrected chi connectivity index (χ1v) is 38.1. The van der Waals surface area contributed by atoms with E-state index in [1.54, 1.807) is 6.08 Å². The molecular weight excluding hydrogens is 1080 g/mol. The van der Waals surface area contributed by atoms with E-state index in [4.69, 9.17) is 9.05 Å². The van der Waals surface area contributed by atoms with Crippen LogP contribution < -0.4 is 10.2 Å². The van der Waals surface area contributed by atoms with Crippen LogP contribution in [0.1, 0.15) is 335 Å². The maximum Gasteiger partial charge on any atom is 0.268 e. The molecule has 0 aliphatic rings. The first-order chi connectivity index (χ1) is 42.0. The van der Waals surface area contributed by atoms with Crippen LogP contribution in [0, 0.1) is 0 Å². The molecule has 3 atom stereocenters. The number of allylic oxidation sites excluding steroid dienone is 15. The lowest BCUT2D eigenvalue weighted by molar-refractivity contribution is -0.870. The number of hydrogen-bond acceptors (Lipinski definition) is 6. The molecule has 3 unspecified atom stereocenters. The molecule has 0 bridgehead atoms. The van der Waals surface area contributed by atoms with Crippen molar-refractivity contribution in [2.24, 2.45) is 0 Å². The number of nitrogens with one attached hydrogen (secondary N) is 1. The molecule has 0 aromatic heterocycles. The maximum absolute atomic E-state index is 13.0. The highest BCUT2D eigenvalue weighted by Crippen LogP contribution is 2.38. The Morgan fingerprint density at radius 2 is 0.721 bits per heavy atom. The Morgan fingerprint density at radius 3 is 1.08 bits per heavy atom. The summed E-state index contributed by atoms with van der Waals surface area (Å²) in [6.07, 6.45) is 96.9. The van der Waals surface area contributed by atoms with Gasteiger partial charge in [-0.25, -0.2) is 0 Å². The third-order valence-corrected chi connectivity index (χ3v) is 17.2. The second-order valence-corrected chi connectivity index (χ2v) is 27.3. The Labute approximate surface area is 534 Å². The molecular formula is C77H141N2O6P. The first-order valence-electron chi connectivity index (χ1n) is 36.6. The zero-order valence-electron chi connectivity index (χ0n) is 57.3. The van der Waals surface area contributed by atoms with Crippen molar-refractivity contribution in [1.82, 2.24) is 5.32 Å². The minimum atomic E-state index is -4.62. The van der Waals surface area contributed by atoms with E-state index in [0.717, 1.165) is 77.0 Å². The van der Waals surface area contributed by atoms with E-state index < -0.39 is 26.6 Å². The Kier molecular flexibility index (Phi) is 64.8. The van der Waals surface area contributed by atoms with Crippen LogP contribution in [-0.2, 0) is 18.4 Å². The van der Waals surface area contributed by atoms with E-state index in [9.17, 15) is 19.4 Å². The Bertz CT molecular complexity index is 1730. The van der Waals surface area contributed by atoms with Crippen LogP contribution in [0.2, 0.25) is 0 Å². The number of phosphoric acid groups is 1. The monoisotopic (exact) mass is 1220 g/mol. The van der Waals surface area contributed by atoms with Gasteiger partial charge in [0.05, 0.1) is 39.9 Å². The molecule has 0 spiro atoms. The average molecular weight is 1220 g/mol. The molecule has 9 heteroatoms. The summed E-state index contributed by atoms with van der Waals surface area (Å²) in [5.41, 5.74) is 0. The number of carbonyl (C=O) groups is 1. The minimum absolute atomic E-state index is 0.0109. The van der Waals surface area contributed by atoms with Gasteiger partial charge in [-0.3, -0.25) is 9.36 Å². The van der Waals surface area contributed by atoms with E-state index in [2.05, 4.69) is 104 Å². The van der Waals surface area contributed by atoms with Gasteiger partial charge in [-0.1, -0.05) is 336 Å². The highest BCUT2D eigenvalue weighted by molar-refractivity contribution is 7.45. The van der Waals surface area contributed by atoms with Crippen molar-refractivity contribution in [3.05, 3.63) is 97.2 Å². The fourth-order valence-electron chi connectivity index (χ4n) is 10.6.